The lowest BCUT2D eigenvalue weighted by Gasteiger charge is -2.16. The van der Waals surface area contributed by atoms with Crippen molar-refractivity contribution in [1.82, 2.24) is 9.55 Å². The predicted octanol–water partition coefficient (Wildman–Crippen LogP) is 0.868. The summed E-state index contributed by atoms with van der Waals surface area (Å²) in [6.07, 6.45) is 7.79. The molecule has 2 heterocycles. The number of terminal acetylenes is 1. The minimum Gasteiger partial charge on any atom is -0.379 e. The summed E-state index contributed by atoms with van der Waals surface area (Å²) >= 11 is 0. The molecule has 0 saturated carbocycles. The first-order chi connectivity index (χ1) is 10.1. The van der Waals surface area contributed by atoms with Gasteiger partial charge in [-0.1, -0.05) is 19.8 Å². The zero-order valence-electron chi connectivity index (χ0n) is 12.3. The normalized spacial score (nSPS) is 24.9. The molecule has 1 aromatic heterocycles. The van der Waals surface area contributed by atoms with Crippen LogP contribution in [0.1, 0.15) is 38.5 Å². The Labute approximate surface area is 123 Å². The first-order valence-corrected chi connectivity index (χ1v) is 7.12. The van der Waals surface area contributed by atoms with Crippen LogP contribution in [0.15, 0.2) is 15.8 Å². The van der Waals surface area contributed by atoms with Crippen molar-refractivity contribution in [1.29, 1.82) is 0 Å². The van der Waals surface area contributed by atoms with Gasteiger partial charge in [-0.25, -0.2) is 4.79 Å². The van der Waals surface area contributed by atoms with Crippen molar-refractivity contribution in [2.45, 2.75) is 39.0 Å². The van der Waals surface area contributed by atoms with Crippen LogP contribution in [0, 0.1) is 18.3 Å². The first-order valence-electron chi connectivity index (χ1n) is 7.12. The number of rotatable bonds is 5. The number of aromatic amines is 1. The molecule has 1 fully saturated rings. The van der Waals surface area contributed by atoms with Gasteiger partial charge in [-0.2, -0.15) is 0 Å². The van der Waals surface area contributed by atoms with Gasteiger partial charge in [-0.05, 0) is 18.8 Å². The van der Waals surface area contributed by atoms with Gasteiger partial charge in [0, 0.05) is 12.8 Å². The van der Waals surface area contributed by atoms with Gasteiger partial charge in [0.05, 0.1) is 12.7 Å². The van der Waals surface area contributed by atoms with Crippen molar-refractivity contribution >= 4 is 0 Å². The SMILES string of the molecule is C#Cc1cn([C@H]2CC(C)[C@@H](COCCC)O2)c(=O)[nH]c1=O. The van der Waals surface area contributed by atoms with Gasteiger partial charge >= 0.3 is 5.69 Å². The van der Waals surface area contributed by atoms with E-state index in [9.17, 15) is 9.59 Å². The highest BCUT2D eigenvalue weighted by molar-refractivity contribution is 5.26. The molecule has 0 aliphatic carbocycles. The third kappa shape index (κ3) is 3.43. The summed E-state index contributed by atoms with van der Waals surface area (Å²) in [7, 11) is 0. The molecule has 1 saturated heterocycles. The zero-order chi connectivity index (χ0) is 15.4. The van der Waals surface area contributed by atoms with Crippen LogP contribution >= 0.6 is 0 Å². The maximum absolute atomic E-state index is 11.9. The Morgan fingerprint density at radius 1 is 1.57 bits per heavy atom. The fraction of sp³-hybridized carbons (Fsp3) is 0.600. The predicted molar refractivity (Wildman–Crippen MR) is 78.1 cm³/mol. The van der Waals surface area contributed by atoms with Crippen LogP contribution in [0.5, 0.6) is 0 Å². The highest BCUT2D eigenvalue weighted by Gasteiger charge is 2.34. The fourth-order valence-electron chi connectivity index (χ4n) is 2.39. The number of aromatic nitrogens is 2. The fourth-order valence-corrected chi connectivity index (χ4v) is 2.39. The van der Waals surface area contributed by atoms with E-state index in [0.717, 1.165) is 6.42 Å². The molecule has 6 heteroatoms. The van der Waals surface area contributed by atoms with Gasteiger partial charge in [0.25, 0.3) is 5.56 Å². The van der Waals surface area contributed by atoms with E-state index < -0.39 is 17.5 Å². The Bertz CT molecular complexity index is 640. The first kappa shape index (κ1) is 15.5. The molecule has 0 spiro atoms. The average Bonchev–Trinajstić information content (AvgIpc) is 2.80. The molecule has 2 rings (SSSR count). The molecule has 6 nitrogen and oxygen atoms in total. The van der Waals surface area contributed by atoms with Gasteiger partial charge in [0.2, 0.25) is 0 Å². The van der Waals surface area contributed by atoms with E-state index in [1.54, 1.807) is 0 Å². The molecule has 1 aliphatic rings. The number of nitrogens with one attached hydrogen (secondary N) is 1. The second-order valence-corrected chi connectivity index (χ2v) is 5.27. The van der Waals surface area contributed by atoms with E-state index in [1.165, 1.54) is 10.8 Å². The number of hydrogen-bond donors (Lipinski definition) is 1. The largest absolute Gasteiger partial charge is 0.379 e. The Balaban J connectivity index is 2.15. The van der Waals surface area contributed by atoms with Gasteiger partial charge < -0.3 is 9.47 Å². The average molecular weight is 292 g/mol. The van der Waals surface area contributed by atoms with Crippen LogP contribution in [0.2, 0.25) is 0 Å². The molecular weight excluding hydrogens is 272 g/mol. The van der Waals surface area contributed by atoms with Gasteiger partial charge in [0.1, 0.15) is 11.8 Å². The van der Waals surface area contributed by atoms with E-state index in [-0.39, 0.29) is 17.6 Å². The standard InChI is InChI=1S/C15H20N2O4/c1-4-6-20-9-12-10(3)7-13(21-12)17-8-11(5-2)14(18)16-15(17)19/h2,8,10,12-13H,4,6-7,9H2,1,3H3,(H,16,18,19)/t10?,12-,13-/m1/s1. The Kier molecular flexibility index (Phi) is 4.99. The lowest BCUT2D eigenvalue weighted by atomic mass is 10.0. The van der Waals surface area contributed by atoms with Crippen molar-refractivity contribution in [3.8, 4) is 12.3 Å². The number of ether oxygens (including phenoxy) is 2. The highest BCUT2D eigenvalue weighted by atomic mass is 16.6. The van der Waals surface area contributed by atoms with Gasteiger partial charge in [-0.3, -0.25) is 14.3 Å². The summed E-state index contributed by atoms with van der Waals surface area (Å²) in [6.45, 7) is 5.30. The third-order valence-electron chi connectivity index (χ3n) is 3.60. The minimum atomic E-state index is -0.548. The smallest absolute Gasteiger partial charge is 0.330 e. The molecule has 3 atom stereocenters. The molecule has 0 aromatic carbocycles. The minimum absolute atomic E-state index is 0.0605. The molecule has 114 valence electrons. The van der Waals surface area contributed by atoms with Crippen molar-refractivity contribution in [2.75, 3.05) is 13.2 Å². The molecule has 1 aliphatic heterocycles. The maximum Gasteiger partial charge on any atom is 0.330 e. The molecule has 21 heavy (non-hydrogen) atoms. The monoisotopic (exact) mass is 292 g/mol. The highest BCUT2D eigenvalue weighted by Crippen LogP contribution is 2.32. The van der Waals surface area contributed by atoms with Crippen LogP contribution < -0.4 is 11.2 Å². The summed E-state index contributed by atoms with van der Waals surface area (Å²) in [4.78, 5) is 25.6. The van der Waals surface area contributed by atoms with Crippen molar-refractivity contribution < 1.29 is 9.47 Å². The Morgan fingerprint density at radius 2 is 2.33 bits per heavy atom. The number of hydrogen-bond acceptors (Lipinski definition) is 4. The molecular formula is C15H20N2O4. The Hall–Kier alpha value is -1.84. The van der Waals surface area contributed by atoms with E-state index in [1.807, 2.05) is 6.92 Å². The summed E-state index contributed by atoms with van der Waals surface area (Å²) in [5.41, 5.74) is -0.935. The zero-order valence-corrected chi connectivity index (χ0v) is 12.3. The maximum atomic E-state index is 11.9. The summed E-state index contributed by atoms with van der Waals surface area (Å²) in [5, 5.41) is 0. The number of H-pyrrole nitrogens is 1. The van der Waals surface area contributed by atoms with Gasteiger partial charge in [0.15, 0.2) is 0 Å². The molecule has 1 unspecified atom stereocenters. The Morgan fingerprint density at radius 3 is 3.00 bits per heavy atom. The molecule has 0 radical (unpaired) electrons. The summed E-state index contributed by atoms with van der Waals surface area (Å²) in [5.74, 6) is 2.53. The lowest BCUT2D eigenvalue weighted by molar-refractivity contribution is -0.0496. The van der Waals surface area contributed by atoms with Crippen LogP contribution in [-0.4, -0.2) is 28.9 Å². The van der Waals surface area contributed by atoms with E-state index in [0.29, 0.717) is 19.6 Å². The number of nitrogens with zero attached hydrogens (tertiary/aromatic N) is 1. The van der Waals surface area contributed by atoms with Crippen LogP contribution in [-0.2, 0) is 9.47 Å². The van der Waals surface area contributed by atoms with E-state index in [4.69, 9.17) is 15.9 Å². The van der Waals surface area contributed by atoms with Crippen LogP contribution in [0.25, 0.3) is 0 Å². The molecule has 1 aromatic rings. The molecule has 1 N–H and O–H groups in total. The van der Waals surface area contributed by atoms with Crippen LogP contribution in [0.3, 0.4) is 0 Å². The topological polar surface area (TPSA) is 73.3 Å². The summed E-state index contributed by atoms with van der Waals surface area (Å²) < 4.78 is 12.7. The second-order valence-electron chi connectivity index (χ2n) is 5.27. The lowest BCUT2D eigenvalue weighted by Crippen LogP contribution is -2.33. The van der Waals surface area contributed by atoms with Gasteiger partial charge in [-0.15, -0.1) is 6.42 Å². The molecule has 0 amide bonds. The van der Waals surface area contributed by atoms with Crippen molar-refractivity contribution in [2.24, 2.45) is 5.92 Å². The van der Waals surface area contributed by atoms with Crippen LogP contribution in [0.4, 0.5) is 0 Å². The van der Waals surface area contributed by atoms with Crippen molar-refractivity contribution in [3.05, 3.63) is 32.6 Å². The third-order valence-corrected chi connectivity index (χ3v) is 3.60. The summed E-state index contributed by atoms with van der Waals surface area (Å²) in [6, 6.07) is 0. The van der Waals surface area contributed by atoms with E-state index >= 15 is 0 Å². The molecule has 0 bridgehead atoms. The van der Waals surface area contributed by atoms with Crippen molar-refractivity contribution in [3.63, 3.8) is 0 Å². The van der Waals surface area contributed by atoms with E-state index in [2.05, 4.69) is 17.8 Å². The quantitative estimate of drug-likeness (QED) is 0.645. The second kappa shape index (κ2) is 6.74.